The van der Waals surface area contributed by atoms with E-state index in [1.54, 1.807) is 12.3 Å². The first-order chi connectivity index (χ1) is 8.60. The van der Waals surface area contributed by atoms with Crippen LogP contribution in [0.15, 0.2) is 34.9 Å². The lowest BCUT2D eigenvalue weighted by molar-refractivity contribution is 0.459. The second-order valence-electron chi connectivity index (χ2n) is 3.85. The lowest BCUT2D eigenvalue weighted by Crippen LogP contribution is -1.98. The van der Waals surface area contributed by atoms with Crippen LogP contribution in [0.3, 0.4) is 0 Å². The van der Waals surface area contributed by atoms with Crippen LogP contribution in [0, 0.1) is 6.92 Å². The highest BCUT2D eigenvalue weighted by Crippen LogP contribution is 2.30. The number of ether oxygens (including phenoxy) is 1. The Kier molecular flexibility index (Phi) is 4.22. The molecule has 0 aliphatic heterocycles. The average Bonchev–Trinajstić information content (AvgIpc) is 2.34. The first-order valence-electron chi connectivity index (χ1n) is 5.38. The summed E-state index contributed by atoms with van der Waals surface area (Å²) in [6.45, 7) is 2.37. The minimum atomic E-state index is 0.388. The number of aryl methyl sites for hydroxylation is 1. The molecule has 1 aromatic heterocycles. The summed E-state index contributed by atoms with van der Waals surface area (Å²) in [5.41, 5.74) is 7.40. The highest BCUT2D eigenvalue weighted by Gasteiger charge is 2.08. The predicted octanol–water partition coefficient (Wildman–Crippen LogP) is 4.06. The molecule has 0 unspecified atom stereocenters. The summed E-state index contributed by atoms with van der Waals surface area (Å²) in [5, 5.41) is 0.459. The van der Waals surface area contributed by atoms with E-state index in [1.807, 2.05) is 25.1 Å². The van der Waals surface area contributed by atoms with Gasteiger partial charge >= 0.3 is 0 Å². The van der Waals surface area contributed by atoms with Gasteiger partial charge in [-0.05, 0) is 42.3 Å². The summed E-state index contributed by atoms with van der Waals surface area (Å²) in [4.78, 5) is 4.16. The molecule has 0 saturated heterocycles. The summed E-state index contributed by atoms with van der Waals surface area (Å²) >= 11 is 9.49. The minimum Gasteiger partial charge on any atom is -0.437 e. The van der Waals surface area contributed by atoms with E-state index in [2.05, 4.69) is 20.9 Å². The van der Waals surface area contributed by atoms with Gasteiger partial charge in [0.05, 0.1) is 0 Å². The van der Waals surface area contributed by atoms with E-state index in [1.165, 1.54) is 0 Å². The van der Waals surface area contributed by atoms with Gasteiger partial charge in [-0.3, -0.25) is 0 Å². The Hall–Kier alpha value is -1.10. The molecule has 2 N–H and O–H groups in total. The van der Waals surface area contributed by atoms with Crippen molar-refractivity contribution in [2.75, 3.05) is 0 Å². The molecule has 0 amide bonds. The Bertz CT molecular complexity index is 575. The smallest absolute Gasteiger partial charge is 0.238 e. The number of halogens is 2. The molecular formula is C13H12BrClN2O. The third-order valence-corrected chi connectivity index (χ3v) is 3.21. The van der Waals surface area contributed by atoms with Crippen LogP contribution in [0.5, 0.6) is 11.6 Å². The van der Waals surface area contributed by atoms with Gasteiger partial charge < -0.3 is 10.5 Å². The molecule has 0 spiro atoms. The normalized spacial score (nSPS) is 10.4. The third-order valence-electron chi connectivity index (χ3n) is 2.44. The SMILES string of the molecule is Cc1cc(Br)ccc1Oc1ncc(CN)cc1Cl. The van der Waals surface area contributed by atoms with Gasteiger partial charge in [0.25, 0.3) is 0 Å². The summed E-state index contributed by atoms with van der Waals surface area (Å²) in [6, 6.07) is 7.51. The lowest BCUT2D eigenvalue weighted by Gasteiger charge is -2.10. The molecule has 0 fully saturated rings. The first-order valence-corrected chi connectivity index (χ1v) is 6.55. The van der Waals surface area contributed by atoms with E-state index in [0.717, 1.165) is 21.3 Å². The van der Waals surface area contributed by atoms with Gasteiger partial charge in [-0.25, -0.2) is 4.98 Å². The zero-order chi connectivity index (χ0) is 13.1. The Morgan fingerprint density at radius 3 is 2.78 bits per heavy atom. The van der Waals surface area contributed by atoms with E-state index >= 15 is 0 Å². The molecule has 3 nitrogen and oxygen atoms in total. The quantitative estimate of drug-likeness (QED) is 0.925. The Labute approximate surface area is 119 Å². The topological polar surface area (TPSA) is 48.1 Å². The molecule has 0 radical (unpaired) electrons. The van der Waals surface area contributed by atoms with Crippen LogP contribution in [-0.4, -0.2) is 4.98 Å². The molecule has 1 aromatic carbocycles. The molecule has 5 heteroatoms. The van der Waals surface area contributed by atoms with Gasteiger partial charge in [0.1, 0.15) is 10.8 Å². The molecule has 1 heterocycles. The molecule has 0 aliphatic rings. The van der Waals surface area contributed by atoms with E-state index < -0.39 is 0 Å². The molecular weight excluding hydrogens is 316 g/mol. The number of benzene rings is 1. The van der Waals surface area contributed by atoms with Crippen molar-refractivity contribution in [2.24, 2.45) is 5.73 Å². The van der Waals surface area contributed by atoms with Crippen LogP contribution < -0.4 is 10.5 Å². The van der Waals surface area contributed by atoms with Gasteiger partial charge in [-0.15, -0.1) is 0 Å². The van der Waals surface area contributed by atoms with Crippen LogP contribution in [-0.2, 0) is 6.54 Å². The molecule has 18 heavy (non-hydrogen) atoms. The molecule has 94 valence electrons. The van der Waals surface area contributed by atoms with E-state index in [9.17, 15) is 0 Å². The summed E-state index contributed by atoms with van der Waals surface area (Å²) in [5.74, 6) is 1.12. The van der Waals surface area contributed by atoms with Gasteiger partial charge in [0.15, 0.2) is 0 Å². The number of nitrogens with two attached hydrogens (primary N) is 1. The average molecular weight is 328 g/mol. The maximum Gasteiger partial charge on any atom is 0.238 e. The fourth-order valence-corrected chi connectivity index (χ4v) is 2.19. The summed E-state index contributed by atoms with van der Waals surface area (Å²) < 4.78 is 6.69. The molecule has 0 aliphatic carbocycles. The molecule has 0 atom stereocenters. The van der Waals surface area contributed by atoms with Crippen molar-refractivity contribution in [2.45, 2.75) is 13.5 Å². The van der Waals surface area contributed by atoms with E-state index in [4.69, 9.17) is 22.1 Å². The Morgan fingerprint density at radius 1 is 1.39 bits per heavy atom. The monoisotopic (exact) mass is 326 g/mol. The van der Waals surface area contributed by atoms with Crippen molar-refractivity contribution in [3.8, 4) is 11.6 Å². The number of rotatable bonds is 3. The van der Waals surface area contributed by atoms with Crippen molar-refractivity contribution < 1.29 is 4.74 Å². The predicted molar refractivity (Wildman–Crippen MR) is 76.1 cm³/mol. The third kappa shape index (κ3) is 3.02. The number of nitrogens with zero attached hydrogens (tertiary/aromatic N) is 1. The van der Waals surface area contributed by atoms with E-state index in [0.29, 0.717) is 17.4 Å². The second kappa shape index (κ2) is 5.69. The molecule has 0 bridgehead atoms. The lowest BCUT2D eigenvalue weighted by atomic mass is 10.2. The Balaban J connectivity index is 2.28. The highest BCUT2D eigenvalue weighted by molar-refractivity contribution is 9.10. The van der Waals surface area contributed by atoms with Crippen LogP contribution >= 0.6 is 27.5 Å². The summed E-state index contributed by atoms with van der Waals surface area (Å²) in [6.07, 6.45) is 1.66. The van der Waals surface area contributed by atoms with Crippen molar-refractivity contribution in [1.82, 2.24) is 4.98 Å². The molecule has 2 aromatic rings. The van der Waals surface area contributed by atoms with Crippen molar-refractivity contribution in [3.63, 3.8) is 0 Å². The van der Waals surface area contributed by atoms with Crippen LogP contribution in [0.1, 0.15) is 11.1 Å². The number of hydrogen-bond donors (Lipinski definition) is 1. The second-order valence-corrected chi connectivity index (χ2v) is 5.17. The van der Waals surface area contributed by atoms with Crippen LogP contribution in [0.4, 0.5) is 0 Å². The van der Waals surface area contributed by atoms with Gasteiger partial charge in [0.2, 0.25) is 5.88 Å². The van der Waals surface area contributed by atoms with Crippen LogP contribution in [0.2, 0.25) is 5.02 Å². The minimum absolute atomic E-state index is 0.388. The molecule has 2 rings (SSSR count). The van der Waals surface area contributed by atoms with Crippen molar-refractivity contribution in [1.29, 1.82) is 0 Å². The zero-order valence-corrected chi connectivity index (χ0v) is 12.1. The fourth-order valence-electron chi connectivity index (χ4n) is 1.48. The number of aromatic nitrogens is 1. The highest BCUT2D eigenvalue weighted by atomic mass is 79.9. The Morgan fingerprint density at radius 2 is 2.17 bits per heavy atom. The van der Waals surface area contributed by atoms with Gasteiger partial charge in [-0.2, -0.15) is 0 Å². The standard InChI is InChI=1S/C13H12BrClN2O/c1-8-4-10(14)2-3-12(8)18-13-11(15)5-9(6-16)7-17-13/h2-5,7H,6,16H2,1H3. The molecule has 0 saturated carbocycles. The van der Waals surface area contributed by atoms with Crippen LogP contribution in [0.25, 0.3) is 0 Å². The van der Waals surface area contributed by atoms with E-state index in [-0.39, 0.29) is 0 Å². The van der Waals surface area contributed by atoms with Crippen molar-refractivity contribution in [3.05, 3.63) is 51.1 Å². The maximum absolute atomic E-state index is 6.09. The number of hydrogen-bond acceptors (Lipinski definition) is 3. The summed E-state index contributed by atoms with van der Waals surface area (Å²) in [7, 11) is 0. The fraction of sp³-hybridized carbons (Fsp3) is 0.154. The maximum atomic E-state index is 6.09. The van der Waals surface area contributed by atoms with Gasteiger partial charge in [-0.1, -0.05) is 27.5 Å². The van der Waals surface area contributed by atoms with Crippen molar-refractivity contribution >= 4 is 27.5 Å². The first kappa shape index (κ1) is 13.3. The zero-order valence-electron chi connectivity index (χ0n) is 9.78. The largest absolute Gasteiger partial charge is 0.437 e. The van der Waals surface area contributed by atoms with Gasteiger partial charge in [0, 0.05) is 17.2 Å². The number of pyridine rings is 1.